The molecule has 0 N–H and O–H groups in total. The Labute approximate surface area is 197 Å². The predicted molar refractivity (Wildman–Crippen MR) is 124 cm³/mol. The zero-order valence-corrected chi connectivity index (χ0v) is 19.7. The highest BCUT2D eigenvalue weighted by atomic mass is 19.1. The summed E-state index contributed by atoms with van der Waals surface area (Å²) < 4.78 is 33.6. The number of ether oxygens (including phenoxy) is 3. The lowest BCUT2D eigenvalue weighted by Gasteiger charge is -2.27. The molecule has 0 amide bonds. The number of esters is 1. The van der Waals surface area contributed by atoms with Gasteiger partial charge >= 0.3 is 11.7 Å². The number of carbonyl (C=O) groups excluding carboxylic acids is 1. The Hall–Kier alpha value is -3.04. The third kappa shape index (κ3) is 4.76. The lowest BCUT2D eigenvalue weighted by molar-refractivity contribution is -0.387. The molecule has 0 radical (unpaired) electrons. The lowest BCUT2D eigenvalue weighted by Crippen LogP contribution is -2.35. The molecule has 1 unspecified atom stereocenters. The average Bonchev–Trinajstić information content (AvgIpc) is 3.31. The van der Waals surface area contributed by atoms with Crippen molar-refractivity contribution in [2.24, 2.45) is 5.92 Å². The first-order chi connectivity index (χ1) is 16.0. The van der Waals surface area contributed by atoms with Crippen molar-refractivity contribution < 1.29 is 28.3 Å². The van der Waals surface area contributed by atoms with E-state index in [1.54, 1.807) is 38.3 Å². The van der Waals surface area contributed by atoms with Crippen molar-refractivity contribution >= 4 is 22.6 Å². The van der Waals surface area contributed by atoms with Gasteiger partial charge in [0.1, 0.15) is 11.5 Å². The van der Waals surface area contributed by atoms with Gasteiger partial charge in [-0.05, 0) is 40.2 Å². The number of halogens is 1. The highest BCUT2D eigenvalue weighted by Crippen LogP contribution is 2.35. The second kappa shape index (κ2) is 8.96. The van der Waals surface area contributed by atoms with Gasteiger partial charge in [-0.25, -0.2) is 0 Å². The zero-order valence-electron chi connectivity index (χ0n) is 19.7. The van der Waals surface area contributed by atoms with Crippen LogP contribution in [0.5, 0.6) is 0 Å². The molecule has 1 aromatic heterocycles. The quantitative estimate of drug-likeness (QED) is 0.327. The summed E-state index contributed by atoms with van der Waals surface area (Å²) in [4.78, 5) is 23.7. The molecule has 2 atom stereocenters. The summed E-state index contributed by atoms with van der Waals surface area (Å²) in [6.07, 6.45) is 8.36. The van der Waals surface area contributed by atoms with Gasteiger partial charge in [0.2, 0.25) is 5.82 Å². The first-order valence-corrected chi connectivity index (χ1v) is 11.3. The Morgan fingerprint density at radius 1 is 1.32 bits per heavy atom. The maximum atomic E-state index is 14.6. The first-order valence-electron chi connectivity index (χ1n) is 11.3. The largest absolute Gasteiger partial charge is 0.464 e. The minimum Gasteiger partial charge on any atom is -0.464 e. The van der Waals surface area contributed by atoms with Crippen LogP contribution in [-0.2, 0) is 31.0 Å². The molecule has 1 aliphatic carbocycles. The highest BCUT2D eigenvalue weighted by molar-refractivity contribution is 5.88. The van der Waals surface area contributed by atoms with E-state index in [4.69, 9.17) is 14.2 Å². The minimum absolute atomic E-state index is 0.110. The number of hydrogen-bond acceptors (Lipinski definition) is 6. The summed E-state index contributed by atoms with van der Waals surface area (Å²) in [6.45, 7) is 7.94. The smallest absolute Gasteiger partial charge is 0.317 e. The minimum atomic E-state index is -1.10. The van der Waals surface area contributed by atoms with Crippen LogP contribution in [0.2, 0.25) is 0 Å². The predicted octanol–water partition coefficient (Wildman–Crippen LogP) is 4.79. The van der Waals surface area contributed by atoms with E-state index in [2.05, 4.69) is 0 Å². The van der Waals surface area contributed by atoms with E-state index in [-0.39, 0.29) is 25.2 Å². The van der Waals surface area contributed by atoms with E-state index in [9.17, 15) is 19.3 Å². The Bertz CT molecular complexity index is 1180. The molecule has 0 bridgehead atoms. The summed E-state index contributed by atoms with van der Waals surface area (Å²) in [5, 5.41) is 11.7. The molecule has 1 aliphatic heterocycles. The topological polar surface area (TPSA) is 92.8 Å². The number of aromatic nitrogens is 1. The maximum Gasteiger partial charge on any atom is 0.317 e. The fraction of sp³-hybridized carbons (Fsp3) is 0.480. The van der Waals surface area contributed by atoms with Crippen LogP contribution in [0.1, 0.15) is 39.8 Å². The van der Waals surface area contributed by atoms with Crippen LogP contribution >= 0.6 is 0 Å². The van der Waals surface area contributed by atoms with Crippen molar-refractivity contribution in [1.29, 1.82) is 0 Å². The van der Waals surface area contributed by atoms with Crippen LogP contribution in [0.3, 0.4) is 0 Å². The summed E-state index contributed by atoms with van der Waals surface area (Å²) >= 11 is 0. The SMILES string of the molecule is CC1(C)OC[C@H](Cn2c(C(C)(C)C(=O)OCC3C=CC=CC3)cc3cc([N+](=O)[O-])c(F)cc32)O1. The zero-order chi connectivity index (χ0) is 24.7. The standard InChI is InChI=1S/C25H29FN2O6/c1-24(2,23(29)32-14-16-8-6-5-7-9-16)22-11-17-10-21(28(30)31)19(26)12-20(17)27(22)13-18-15-33-25(3,4)34-18/h5-8,10-12,16,18H,9,13-15H2,1-4H3/t16?,18-/m0/s1. The molecular formula is C25H29FN2O6. The molecule has 2 heterocycles. The lowest BCUT2D eigenvalue weighted by atomic mass is 9.89. The van der Waals surface area contributed by atoms with Crippen molar-refractivity contribution in [2.45, 2.75) is 58.0 Å². The molecule has 9 heteroatoms. The second-order valence-electron chi connectivity index (χ2n) is 9.74. The second-order valence-corrected chi connectivity index (χ2v) is 9.74. The number of fused-ring (bicyclic) bond motifs is 1. The molecule has 2 aromatic rings. The van der Waals surface area contributed by atoms with Crippen molar-refractivity contribution in [1.82, 2.24) is 4.57 Å². The number of nitro benzene ring substituents is 1. The maximum absolute atomic E-state index is 14.6. The Balaban J connectivity index is 1.70. The molecule has 0 saturated carbocycles. The molecule has 0 spiro atoms. The van der Waals surface area contributed by atoms with Crippen molar-refractivity contribution in [2.75, 3.05) is 13.2 Å². The fourth-order valence-corrected chi connectivity index (χ4v) is 4.41. The molecule has 34 heavy (non-hydrogen) atoms. The number of benzene rings is 1. The number of carbonyl (C=O) groups is 1. The van der Waals surface area contributed by atoms with Gasteiger partial charge in [-0.3, -0.25) is 14.9 Å². The van der Waals surface area contributed by atoms with E-state index in [0.29, 0.717) is 23.2 Å². The van der Waals surface area contributed by atoms with Crippen molar-refractivity contribution in [3.8, 4) is 0 Å². The van der Waals surface area contributed by atoms with Crippen LogP contribution in [0, 0.1) is 21.8 Å². The van der Waals surface area contributed by atoms with E-state index < -0.39 is 33.6 Å². The van der Waals surface area contributed by atoms with Crippen LogP contribution in [0.25, 0.3) is 10.9 Å². The third-order valence-corrected chi connectivity index (χ3v) is 6.27. The van der Waals surface area contributed by atoms with Crippen molar-refractivity contribution in [3.63, 3.8) is 0 Å². The molecule has 8 nitrogen and oxygen atoms in total. The molecule has 1 saturated heterocycles. The number of hydrogen-bond donors (Lipinski definition) is 0. The average molecular weight is 473 g/mol. The summed E-state index contributed by atoms with van der Waals surface area (Å²) in [6, 6.07) is 4.02. The molecular weight excluding hydrogens is 443 g/mol. The Morgan fingerprint density at radius 3 is 2.71 bits per heavy atom. The van der Waals surface area contributed by atoms with Gasteiger partial charge < -0.3 is 18.8 Å². The number of allylic oxidation sites excluding steroid dienone is 3. The van der Waals surface area contributed by atoms with Gasteiger partial charge in [0.15, 0.2) is 5.79 Å². The molecule has 182 valence electrons. The van der Waals surface area contributed by atoms with E-state index in [1.165, 1.54) is 6.07 Å². The molecule has 1 aromatic carbocycles. The number of nitrogens with zero attached hydrogens (tertiary/aromatic N) is 2. The summed E-state index contributed by atoms with van der Waals surface area (Å²) in [7, 11) is 0. The van der Waals surface area contributed by atoms with Gasteiger partial charge in [0.05, 0.1) is 30.2 Å². The number of nitro groups is 1. The monoisotopic (exact) mass is 472 g/mol. The first kappa shape index (κ1) is 24.1. The van der Waals surface area contributed by atoms with Gasteiger partial charge in [0.25, 0.3) is 0 Å². The van der Waals surface area contributed by atoms with Crippen molar-refractivity contribution in [3.05, 3.63) is 64.1 Å². The van der Waals surface area contributed by atoms with E-state index in [1.807, 2.05) is 24.3 Å². The summed E-state index contributed by atoms with van der Waals surface area (Å²) in [5.41, 5.74) is -0.726. The summed E-state index contributed by atoms with van der Waals surface area (Å²) in [5.74, 6) is -2.02. The molecule has 2 aliphatic rings. The Morgan fingerprint density at radius 2 is 2.09 bits per heavy atom. The fourth-order valence-electron chi connectivity index (χ4n) is 4.41. The van der Waals surface area contributed by atoms with Crippen LogP contribution < -0.4 is 0 Å². The van der Waals surface area contributed by atoms with Crippen LogP contribution in [-0.4, -0.2) is 40.6 Å². The normalized spacial score (nSPS) is 21.8. The number of rotatable bonds is 7. The Kier molecular flexibility index (Phi) is 6.35. The van der Waals surface area contributed by atoms with Gasteiger partial charge in [-0.15, -0.1) is 0 Å². The van der Waals surface area contributed by atoms with Crippen LogP contribution in [0.15, 0.2) is 42.5 Å². The van der Waals surface area contributed by atoms with E-state index >= 15 is 0 Å². The van der Waals surface area contributed by atoms with Gasteiger partial charge in [-0.2, -0.15) is 4.39 Å². The van der Waals surface area contributed by atoms with Gasteiger partial charge in [-0.1, -0.05) is 24.3 Å². The third-order valence-electron chi connectivity index (χ3n) is 6.27. The molecule has 1 fully saturated rings. The molecule has 4 rings (SSSR count). The highest BCUT2D eigenvalue weighted by Gasteiger charge is 2.38. The van der Waals surface area contributed by atoms with E-state index in [0.717, 1.165) is 12.5 Å². The van der Waals surface area contributed by atoms with Crippen LogP contribution in [0.4, 0.5) is 10.1 Å². The van der Waals surface area contributed by atoms with Gasteiger partial charge in [0, 0.05) is 29.1 Å².